The molecule has 1 aliphatic heterocycles. The lowest BCUT2D eigenvalue weighted by Crippen LogP contribution is -2.41. The first-order valence-electron chi connectivity index (χ1n) is 11.4. The molecule has 178 valence electrons. The number of aryl methyl sites for hydroxylation is 1. The van der Waals surface area contributed by atoms with Crippen LogP contribution >= 0.6 is 0 Å². The van der Waals surface area contributed by atoms with Crippen molar-refractivity contribution in [2.75, 3.05) is 33.1 Å². The molecule has 1 aliphatic rings. The summed E-state index contributed by atoms with van der Waals surface area (Å²) in [5.74, 6) is 1.41. The number of ether oxygens (including phenoxy) is 2. The van der Waals surface area contributed by atoms with Crippen LogP contribution in [0.25, 0.3) is 10.9 Å². The Morgan fingerprint density at radius 3 is 2.58 bits per heavy atom. The van der Waals surface area contributed by atoms with Crippen LogP contribution in [0.2, 0.25) is 0 Å². The predicted octanol–water partition coefficient (Wildman–Crippen LogP) is 3.99. The van der Waals surface area contributed by atoms with E-state index in [1.807, 2.05) is 43.5 Å². The van der Waals surface area contributed by atoms with Crippen LogP contribution < -0.4 is 14.3 Å². The highest BCUT2D eigenvalue weighted by Gasteiger charge is 2.35. The topological polar surface area (TPSA) is 70.0 Å². The lowest BCUT2D eigenvalue weighted by atomic mass is 9.90. The lowest BCUT2D eigenvalue weighted by Gasteiger charge is -2.37. The van der Waals surface area contributed by atoms with Crippen LogP contribution in [0.5, 0.6) is 11.5 Å². The third kappa shape index (κ3) is 4.42. The molecule has 0 bridgehead atoms. The number of aromatic nitrogens is 1. The van der Waals surface area contributed by atoms with Crippen LogP contribution in [0.15, 0.2) is 42.6 Å². The number of methoxy groups -OCH3 is 1. The van der Waals surface area contributed by atoms with Crippen molar-refractivity contribution in [2.45, 2.75) is 39.2 Å². The summed E-state index contributed by atoms with van der Waals surface area (Å²) >= 11 is 0. The second kappa shape index (κ2) is 9.65. The molecule has 0 fully saturated rings. The van der Waals surface area contributed by atoms with E-state index in [1.165, 1.54) is 0 Å². The third-order valence-electron chi connectivity index (χ3n) is 6.40. The number of nitrogens with zero attached hydrogens (tertiary/aromatic N) is 2. The number of benzene rings is 2. The number of hydrogen-bond donors (Lipinski definition) is 0. The van der Waals surface area contributed by atoms with Gasteiger partial charge in [0.15, 0.2) is 11.5 Å². The van der Waals surface area contributed by atoms with Crippen LogP contribution in [-0.4, -0.2) is 50.6 Å². The van der Waals surface area contributed by atoms with Crippen LogP contribution in [0.4, 0.5) is 0 Å². The summed E-state index contributed by atoms with van der Waals surface area (Å²) in [5, 5.41) is 1.12. The average Bonchev–Trinajstić information content (AvgIpc) is 3.20. The van der Waals surface area contributed by atoms with Crippen LogP contribution in [0.1, 0.15) is 43.0 Å². The van der Waals surface area contributed by atoms with E-state index in [-0.39, 0.29) is 11.8 Å². The molecule has 0 amide bonds. The van der Waals surface area contributed by atoms with Gasteiger partial charge in [-0.05, 0) is 68.0 Å². The van der Waals surface area contributed by atoms with Crippen molar-refractivity contribution in [3.8, 4) is 11.5 Å². The van der Waals surface area contributed by atoms with E-state index in [0.29, 0.717) is 43.9 Å². The minimum Gasteiger partial charge on any atom is -0.493 e. The largest absolute Gasteiger partial charge is 0.493 e. The number of para-hydroxylation sites is 1. The molecule has 2 aromatic carbocycles. The first-order valence-corrected chi connectivity index (χ1v) is 13.0. The minimum absolute atomic E-state index is 0.0797. The molecule has 2 heterocycles. The van der Waals surface area contributed by atoms with Gasteiger partial charge >= 0.3 is 0 Å². The van der Waals surface area contributed by atoms with Gasteiger partial charge in [0.1, 0.15) is 7.11 Å². The lowest BCUT2D eigenvalue weighted by molar-refractivity contribution is 0.178. The Bertz CT molecular complexity index is 1240. The Hall–Kier alpha value is -2.71. The van der Waals surface area contributed by atoms with Gasteiger partial charge in [0.2, 0.25) is 10.0 Å². The predicted molar refractivity (Wildman–Crippen MR) is 130 cm³/mol. The number of fused-ring (bicyclic) bond motifs is 2. The quantitative estimate of drug-likeness (QED) is 0.471. The van der Waals surface area contributed by atoms with Gasteiger partial charge in [-0.25, -0.2) is 8.42 Å². The molecule has 3 aromatic rings. The van der Waals surface area contributed by atoms with Crippen LogP contribution in [-0.2, 0) is 22.9 Å². The minimum atomic E-state index is -3.37. The summed E-state index contributed by atoms with van der Waals surface area (Å²) < 4.78 is 40.8. The number of hydrogen-bond acceptors (Lipinski definition) is 5. The molecular weight excluding hydrogens is 440 g/mol. The Kier molecular flexibility index (Phi) is 6.86. The molecule has 0 saturated heterocycles. The summed E-state index contributed by atoms with van der Waals surface area (Å²) in [6.45, 7) is 4.60. The zero-order chi connectivity index (χ0) is 23.6. The molecule has 8 heteroatoms. The van der Waals surface area contributed by atoms with E-state index < -0.39 is 10.0 Å². The Labute approximate surface area is 195 Å². The van der Waals surface area contributed by atoms with Crippen LogP contribution in [0.3, 0.4) is 0 Å². The fourth-order valence-electron chi connectivity index (χ4n) is 4.77. The molecule has 33 heavy (non-hydrogen) atoms. The van der Waals surface area contributed by atoms with E-state index in [0.717, 1.165) is 27.6 Å². The molecule has 1 aromatic heterocycles. The zero-order valence-electron chi connectivity index (χ0n) is 19.7. The monoisotopic (exact) mass is 472 g/mol. The SMILES string of the molecule is CCOc1cc2c(cc1OC)CCN(S(=O)(=O)CC)[C@H]2CCc1cn(OC)c2ccccc12. The Balaban J connectivity index is 1.74. The van der Waals surface area contributed by atoms with Gasteiger partial charge < -0.3 is 14.3 Å². The maximum absolute atomic E-state index is 13.0. The van der Waals surface area contributed by atoms with E-state index >= 15 is 0 Å². The fourth-order valence-corrected chi connectivity index (χ4v) is 6.08. The maximum atomic E-state index is 13.0. The Morgan fingerprint density at radius 1 is 1.09 bits per heavy atom. The maximum Gasteiger partial charge on any atom is 0.214 e. The molecule has 1 atom stereocenters. The van der Waals surface area contributed by atoms with Gasteiger partial charge in [0.25, 0.3) is 0 Å². The summed E-state index contributed by atoms with van der Waals surface area (Å²) in [7, 11) is -0.0953. The molecule has 0 radical (unpaired) electrons. The van der Waals surface area contributed by atoms with Gasteiger partial charge in [-0.3, -0.25) is 0 Å². The van der Waals surface area contributed by atoms with E-state index in [4.69, 9.17) is 14.3 Å². The third-order valence-corrected chi connectivity index (χ3v) is 8.28. The molecule has 0 spiro atoms. The number of sulfonamides is 1. The number of rotatable bonds is 9. The highest BCUT2D eigenvalue weighted by atomic mass is 32.2. The van der Waals surface area contributed by atoms with E-state index in [1.54, 1.807) is 30.2 Å². The molecule has 0 unspecified atom stereocenters. The van der Waals surface area contributed by atoms with Crippen molar-refractivity contribution >= 4 is 20.9 Å². The first kappa shape index (κ1) is 23.4. The standard InChI is InChI=1S/C25H32N2O5S/c1-5-32-25-16-21-18(15-24(25)30-3)13-14-27(33(28,29)6-2)23(21)12-11-19-17-26(31-4)22-10-8-7-9-20(19)22/h7-10,15-17,23H,5-6,11-14H2,1-4H3/t23-/m0/s1. The molecule has 0 saturated carbocycles. The smallest absolute Gasteiger partial charge is 0.214 e. The van der Waals surface area contributed by atoms with Crippen molar-refractivity contribution in [3.63, 3.8) is 0 Å². The van der Waals surface area contributed by atoms with Crippen molar-refractivity contribution in [1.29, 1.82) is 0 Å². The summed E-state index contributed by atoms with van der Waals surface area (Å²) in [6.07, 6.45) is 4.01. The van der Waals surface area contributed by atoms with Gasteiger partial charge in [-0.2, -0.15) is 9.04 Å². The molecule has 7 nitrogen and oxygen atoms in total. The highest BCUT2D eigenvalue weighted by Crippen LogP contribution is 2.41. The van der Waals surface area contributed by atoms with Gasteiger partial charge in [-0.1, -0.05) is 18.2 Å². The first-order chi connectivity index (χ1) is 15.9. The highest BCUT2D eigenvalue weighted by molar-refractivity contribution is 7.89. The Morgan fingerprint density at radius 2 is 1.88 bits per heavy atom. The summed E-state index contributed by atoms with van der Waals surface area (Å²) in [5.41, 5.74) is 4.24. The molecule has 4 rings (SSSR count). The second-order valence-corrected chi connectivity index (χ2v) is 10.3. The average molecular weight is 473 g/mol. The van der Waals surface area contributed by atoms with Crippen molar-refractivity contribution in [3.05, 3.63) is 59.3 Å². The van der Waals surface area contributed by atoms with Crippen molar-refractivity contribution in [2.24, 2.45) is 0 Å². The van der Waals surface area contributed by atoms with Gasteiger partial charge in [0.05, 0.1) is 31.0 Å². The molecule has 0 aliphatic carbocycles. The zero-order valence-corrected chi connectivity index (χ0v) is 20.5. The molecular formula is C25H32N2O5S. The van der Waals surface area contributed by atoms with Crippen molar-refractivity contribution < 1.29 is 22.7 Å². The van der Waals surface area contributed by atoms with Crippen molar-refractivity contribution in [1.82, 2.24) is 9.04 Å². The van der Waals surface area contributed by atoms with E-state index in [9.17, 15) is 8.42 Å². The second-order valence-electron chi connectivity index (χ2n) is 8.13. The normalized spacial score (nSPS) is 16.5. The van der Waals surface area contributed by atoms with E-state index in [2.05, 4.69) is 6.07 Å². The molecule has 0 N–H and O–H groups in total. The van der Waals surface area contributed by atoms with Gasteiger partial charge in [0, 0.05) is 18.1 Å². The summed E-state index contributed by atoms with van der Waals surface area (Å²) in [6, 6.07) is 11.8. The fraction of sp³-hybridized carbons (Fsp3) is 0.440. The van der Waals surface area contributed by atoms with Crippen LogP contribution in [0, 0.1) is 0 Å². The van der Waals surface area contributed by atoms with Gasteiger partial charge in [-0.15, -0.1) is 0 Å². The summed E-state index contributed by atoms with van der Waals surface area (Å²) in [4.78, 5) is 5.50.